The molecular weight excluding hydrogens is 372 g/mol. The Morgan fingerprint density at radius 3 is 2.81 bits per heavy atom. The van der Waals surface area contributed by atoms with Crippen LogP contribution in [0, 0.1) is 11.3 Å². The highest BCUT2D eigenvalue weighted by molar-refractivity contribution is 7.94. The Kier molecular flexibility index (Phi) is 4.88. The van der Waals surface area contributed by atoms with Crippen molar-refractivity contribution >= 4 is 27.0 Å². The number of nitrogens with zero attached hydrogens (tertiary/aromatic N) is 3. The number of nitriles is 1. The molecule has 0 fully saturated rings. The highest BCUT2D eigenvalue weighted by Gasteiger charge is 2.18. The maximum Gasteiger partial charge on any atom is 0.271 e. The summed E-state index contributed by atoms with van der Waals surface area (Å²) >= 11 is 1.06. The van der Waals surface area contributed by atoms with Crippen LogP contribution in [0.3, 0.4) is 0 Å². The standard InChI is InChI=1S/C17H14N4O3S2/c1-2-21-16(22)7-6-15(19-21)13-9-17(25-11-13)26(23,24)20-14-5-3-4-12(8-14)10-18/h3-9,11,20H,2H2,1H3. The maximum absolute atomic E-state index is 12.6. The van der Waals surface area contributed by atoms with Gasteiger partial charge in [0.15, 0.2) is 0 Å². The molecule has 7 nitrogen and oxygen atoms in total. The minimum atomic E-state index is -3.79. The van der Waals surface area contributed by atoms with Crippen molar-refractivity contribution in [2.45, 2.75) is 17.7 Å². The lowest BCUT2D eigenvalue weighted by Crippen LogP contribution is -2.20. The number of aryl methyl sites for hydroxylation is 1. The lowest BCUT2D eigenvalue weighted by atomic mass is 10.2. The number of benzene rings is 1. The van der Waals surface area contributed by atoms with E-state index >= 15 is 0 Å². The molecule has 0 atom stereocenters. The van der Waals surface area contributed by atoms with Gasteiger partial charge in [0, 0.05) is 23.6 Å². The predicted molar refractivity (Wildman–Crippen MR) is 99.4 cm³/mol. The molecule has 0 bridgehead atoms. The highest BCUT2D eigenvalue weighted by atomic mass is 32.2. The van der Waals surface area contributed by atoms with E-state index in [4.69, 9.17) is 5.26 Å². The van der Waals surface area contributed by atoms with E-state index in [-0.39, 0.29) is 9.77 Å². The lowest BCUT2D eigenvalue weighted by Gasteiger charge is -2.06. The number of thiophene rings is 1. The van der Waals surface area contributed by atoms with E-state index in [2.05, 4.69) is 9.82 Å². The monoisotopic (exact) mass is 386 g/mol. The van der Waals surface area contributed by atoms with Gasteiger partial charge in [0.1, 0.15) is 4.21 Å². The van der Waals surface area contributed by atoms with Crippen LogP contribution in [-0.2, 0) is 16.6 Å². The van der Waals surface area contributed by atoms with E-state index in [1.54, 1.807) is 36.6 Å². The van der Waals surface area contributed by atoms with E-state index in [9.17, 15) is 13.2 Å². The van der Waals surface area contributed by atoms with Gasteiger partial charge in [-0.25, -0.2) is 13.1 Å². The molecule has 3 aromatic rings. The Bertz CT molecular complexity index is 1160. The van der Waals surface area contributed by atoms with Crippen molar-refractivity contribution in [3.8, 4) is 17.3 Å². The number of hydrogen-bond donors (Lipinski definition) is 1. The molecule has 132 valence electrons. The summed E-state index contributed by atoms with van der Waals surface area (Å²) in [5.41, 5.74) is 1.61. The van der Waals surface area contributed by atoms with Gasteiger partial charge in [0.25, 0.3) is 15.6 Å². The molecule has 1 aromatic carbocycles. The molecule has 0 aliphatic rings. The predicted octanol–water partition coefficient (Wildman–Crippen LogP) is 2.66. The second kappa shape index (κ2) is 7.11. The summed E-state index contributed by atoms with van der Waals surface area (Å²) in [7, 11) is -3.79. The van der Waals surface area contributed by atoms with E-state index in [0.717, 1.165) is 11.3 Å². The zero-order valence-corrected chi connectivity index (χ0v) is 15.3. The van der Waals surface area contributed by atoms with Crippen LogP contribution in [0.25, 0.3) is 11.3 Å². The third-order valence-corrected chi connectivity index (χ3v) is 6.37. The summed E-state index contributed by atoms with van der Waals surface area (Å²) in [4.78, 5) is 11.6. The SMILES string of the molecule is CCn1nc(-c2csc(S(=O)(=O)Nc3cccc(C#N)c3)c2)ccc1=O. The molecule has 0 saturated carbocycles. The number of nitrogens with one attached hydrogen (secondary N) is 1. The molecule has 1 N–H and O–H groups in total. The normalized spacial score (nSPS) is 11.1. The smallest absolute Gasteiger partial charge is 0.271 e. The number of sulfonamides is 1. The molecule has 0 aliphatic heterocycles. The fourth-order valence-electron chi connectivity index (χ4n) is 2.28. The molecular formula is C17H14N4O3S2. The Morgan fingerprint density at radius 1 is 1.27 bits per heavy atom. The van der Waals surface area contributed by atoms with Gasteiger partial charge in [-0.1, -0.05) is 6.07 Å². The first-order chi connectivity index (χ1) is 12.4. The molecule has 2 heterocycles. The second-order valence-corrected chi connectivity index (χ2v) is 8.15. The van der Waals surface area contributed by atoms with E-state index in [1.165, 1.54) is 22.9 Å². The van der Waals surface area contributed by atoms with Gasteiger partial charge in [0.05, 0.1) is 23.0 Å². The van der Waals surface area contributed by atoms with Crippen LogP contribution in [0.1, 0.15) is 12.5 Å². The van der Waals surface area contributed by atoms with Gasteiger partial charge in [-0.15, -0.1) is 11.3 Å². The molecule has 0 unspecified atom stereocenters. The third kappa shape index (κ3) is 3.66. The van der Waals surface area contributed by atoms with Gasteiger partial charge >= 0.3 is 0 Å². The topological polar surface area (TPSA) is 105 Å². The zero-order chi connectivity index (χ0) is 18.7. The first-order valence-corrected chi connectivity index (χ1v) is 9.99. The Morgan fingerprint density at radius 2 is 2.08 bits per heavy atom. The van der Waals surface area contributed by atoms with Crippen LogP contribution in [0.4, 0.5) is 5.69 Å². The van der Waals surface area contributed by atoms with Crippen molar-refractivity contribution < 1.29 is 8.42 Å². The summed E-state index contributed by atoms with van der Waals surface area (Å²) in [6, 6.07) is 12.7. The van der Waals surface area contributed by atoms with E-state index in [0.29, 0.717) is 29.1 Å². The maximum atomic E-state index is 12.6. The fraction of sp³-hybridized carbons (Fsp3) is 0.118. The molecule has 0 saturated heterocycles. The molecule has 2 aromatic heterocycles. The van der Waals surface area contributed by atoms with Crippen LogP contribution in [0.15, 0.2) is 56.8 Å². The van der Waals surface area contributed by atoms with Crippen molar-refractivity contribution in [1.29, 1.82) is 5.26 Å². The average molecular weight is 386 g/mol. The Labute approximate surface area is 154 Å². The zero-order valence-electron chi connectivity index (χ0n) is 13.7. The van der Waals surface area contributed by atoms with Gasteiger partial charge in [-0.2, -0.15) is 10.4 Å². The lowest BCUT2D eigenvalue weighted by molar-refractivity contribution is 0.603. The number of anilines is 1. The molecule has 0 radical (unpaired) electrons. The van der Waals surface area contributed by atoms with Gasteiger partial charge < -0.3 is 0 Å². The average Bonchev–Trinajstić information content (AvgIpc) is 3.13. The largest absolute Gasteiger partial charge is 0.279 e. The molecule has 26 heavy (non-hydrogen) atoms. The minimum Gasteiger partial charge on any atom is -0.279 e. The van der Waals surface area contributed by atoms with Gasteiger partial charge in [-0.3, -0.25) is 9.52 Å². The van der Waals surface area contributed by atoms with Crippen LogP contribution >= 0.6 is 11.3 Å². The van der Waals surface area contributed by atoms with Crippen molar-refractivity contribution in [3.63, 3.8) is 0 Å². The Balaban J connectivity index is 1.91. The van der Waals surface area contributed by atoms with Crippen molar-refractivity contribution in [3.05, 3.63) is 63.8 Å². The van der Waals surface area contributed by atoms with Crippen LogP contribution < -0.4 is 10.3 Å². The second-order valence-electron chi connectivity index (χ2n) is 5.33. The quantitative estimate of drug-likeness (QED) is 0.726. The molecule has 0 amide bonds. The summed E-state index contributed by atoms with van der Waals surface area (Å²) in [5.74, 6) is 0. The van der Waals surface area contributed by atoms with Crippen LogP contribution in [0.2, 0.25) is 0 Å². The molecule has 0 aliphatic carbocycles. The minimum absolute atomic E-state index is 0.117. The van der Waals surface area contributed by atoms with E-state index in [1.807, 2.05) is 6.07 Å². The first-order valence-electron chi connectivity index (χ1n) is 7.63. The molecule has 0 spiro atoms. The summed E-state index contributed by atoms with van der Waals surface area (Å²) in [6.07, 6.45) is 0. The first kappa shape index (κ1) is 17.8. The Hall–Kier alpha value is -2.96. The van der Waals surface area contributed by atoms with Crippen molar-refractivity contribution in [2.75, 3.05) is 4.72 Å². The third-order valence-electron chi connectivity index (χ3n) is 3.55. The van der Waals surface area contributed by atoms with Gasteiger partial charge in [-0.05, 0) is 37.3 Å². The summed E-state index contributed by atoms with van der Waals surface area (Å²) < 4.78 is 29.0. The van der Waals surface area contributed by atoms with Crippen molar-refractivity contribution in [1.82, 2.24) is 9.78 Å². The van der Waals surface area contributed by atoms with Crippen LogP contribution in [0.5, 0.6) is 0 Å². The summed E-state index contributed by atoms with van der Waals surface area (Å²) in [6.45, 7) is 2.24. The fourth-order valence-corrected chi connectivity index (χ4v) is 4.50. The number of aromatic nitrogens is 2. The van der Waals surface area contributed by atoms with E-state index < -0.39 is 10.0 Å². The number of rotatable bonds is 5. The highest BCUT2D eigenvalue weighted by Crippen LogP contribution is 2.28. The van der Waals surface area contributed by atoms with Gasteiger partial charge in [0.2, 0.25) is 0 Å². The number of hydrogen-bond acceptors (Lipinski definition) is 6. The molecule has 3 rings (SSSR count). The summed E-state index contributed by atoms with van der Waals surface area (Å²) in [5, 5.41) is 14.8. The molecule has 9 heteroatoms. The van der Waals surface area contributed by atoms with Crippen LogP contribution in [-0.4, -0.2) is 18.2 Å². The van der Waals surface area contributed by atoms with Crippen molar-refractivity contribution in [2.24, 2.45) is 0 Å².